The van der Waals surface area contributed by atoms with Gasteiger partial charge >= 0.3 is 5.69 Å². The van der Waals surface area contributed by atoms with E-state index in [0.29, 0.717) is 18.8 Å². The summed E-state index contributed by atoms with van der Waals surface area (Å²) in [6.45, 7) is 2.50. The summed E-state index contributed by atoms with van der Waals surface area (Å²) in [6.07, 6.45) is 8.61. The van der Waals surface area contributed by atoms with Crippen LogP contribution in [0.15, 0.2) is 53.6 Å². The standard InChI is InChI=1S/C25H27N7O2/c1-2-3-8-21-16-32(22-9-5-10-23(22)33)25(34)31(21)15-20-14-18(11-12-26-20)17-6-4-7-19(13-17)24-27-29-30-28-24/h4,6-7,11-14,16,22H,2-3,5,8-10,15H2,1H3,(H,27,28,29,30). The second kappa shape index (κ2) is 9.54. The number of carbonyl (C=O) groups is 1. The normalized spacial score (nSPS) is 15.8. The molecule has 1 fully saturated rings. The molecule has 1 unspecified atom stereocenters. The van der Waals surface area contributed by atoms with Gasteiger partial charge in [-0.25, -0.2) is 4.79 Å². The number of benzene rings is 1. The number of rotatable bonds is 8. The largest absolute Gasteiger partial charge is 0.329 e. The second-order valence-electron chi connectivity index (χ2n) is 8.73. The molecule has 0 bridgehead atoms. The van der Waals surface area contributed by atoms with Crippen molar-refractivity contribution in [3.8, 4) is 22.5 Å². The predicted molar refractivity (Wildman–Crippen MR) is 127 cm³/mol. The van der Waals surface area contributed by atoms with Gasteiger partial charge < -0.3 is 0 Å². The molecule has 1 atom stereocenters. The molecular formula is C25H27N7O2. The van der Waals surface area contributed by atoms with Crippen molar-refractivity contribution in [2.75, 3.05) is 0 Å². The third kappa shape index (κ3) is 4.33. The second-order valence-corrected chi connectivity index (χ2v) is 8.73. The Morgan fingerprint density at radius 2 is 1.97 bits per heavy atom. The summed E-state index contributed by atoms with van der Waals surface area (Å²) >= 11 is 0. The van der Waals surface area contributed by atoms with Gasteiger partial charge in [0, 0.05) is 30.1 Å². The summed E-state index contributed by atoms with van der Waals surface area (Å²) in [5.41, 5.74) is 4.47. The first-order valence-electron chi connectivity index (χ1n) is 11.8. The van der Waals surface area contributed by atoms with Crippen molar-refractivity contribution >= 4 is 5.78 Å². The number of H-pyrrole nitrogens is 1. The quantitative estimate of drug-likeness (QED) is 0.433. The Kier molecular flexibility index (Phi) is 6.16. The minimum absolute atomic E-state index is 0.127. The molecular weight excluding hydrogens is 430 g/mol. The van der Waals surface area contributed by atoms with Crippen LogP contribution in [0.5, 0.6) is 0 Å². The number of tetrazole rings is 1. The fraction of sp³-hybridized carbons (Fsp3) is 0.360. The number of Topliss-reactive ketones (excluding diaryl/α,β-unsaturated/α-hetero) is 1. The van der Waals surface area contributed by atoms with E-state index >= 15 is 0 Å². The Morgan fingerprint density at radius 1 is 1.12 bits per heavy atom. The highest BCUT2D eigenvalue weighted by Crippen LogP contribution is 2.27. The topological polar surface area (TPSA) is 111 Å². The third-order valence-electron chi connectivity index (χ3n) is 6.42. The van der Waals surface area contributed by atoms with E-state index in [2.05, 4.69) is 32.5 Å². The molecule has 174 valence electrons. The Labute approximate surface area is 196 Å². The molecule has 1 aromatic carbocycles. The highest BCUT2D eigenvalue weighted by Gasteiger charge is 2.28. The number of aromatic nitrogens is 7. The molecule has 3 aromatic heterocycles. The number of hydrogen-bond donors (Lipinski definition) is 1. The Balaban J connectivity index is 1.47. The van der Waals surface area contributed by atoms with Gasteiger partial charge in [-0.1, -0.05) is 31.5 Å². The average Bonchev–Trinajstić information content (AvgIpc) is 3.60. The van der Waals surface area contributed by atoms with E-state index < -0.39 is 0 Å². The number of aromatic amines is 1. The first-order valence-corrected chi connectivity index (χ1v) is 11.8. The maximum atomic E-state index is 13.3. The number of nitrogens with zero attached hydrogens (tertiary/aromatic N) is 6. The zero-order chi connectivity index (χ0) is 23.5. The van der Waals surface area contributed by atoms with E-state index in [4.69, 9.17) is 0 Å². The van der Waals surface area contributed by atoms with E-state index in [-0.39, 0.29) is 17.5 Å². The van der Waals surface area contributed by atoms with Crippen LogP contribution in [0.1, 0.15) is 56.5 Å². The first kappa shape index (κ1) is 21.9. The van der Waals surface area contributed by atoms with Crippen LogP contribution >= 0.6 is 0 Å². The van der Waals surface area contributed by atoms with Crippen LogP contribution in [-0.4, -0.2) is 40.5 Å². The Bertz CT molecular complexity index is 1350. The highest BCUT2D eigenvalue weighted by atomic mass is 16.2. The molecule has 9 nitrogen and oxygen atoms in total. The van der Waals surface area contributed by atoms with Crippen molar-refractivity contribution in [2.45, 2.75) is 58.0 Å². The number of ketones is 1. The number of unbranched alkanes of at least 4 members (excludes halogenated alkanes) is 1. The van der Waals surface area contributed by atoms with Crippen LogP contribution in [0.25, 0.3) is 22.5 Å². The lowest BCUT2D eigenvalue weighted by molar-refractivity contribution is -0.120. The molecule has 1 aliphatic carbocycles. The lowest BCUT2D eigenvalue weighted by Gasteiger charge is -2.09. The summed E-state index contributed by atoms with van der Waals surface area (Å²) in [7, 11) is 0. The van der Waals surface area contributed by atoms with Gasteiger partial charge in [-0.3, -0.25) is 18.9 Å². The summed E-state index contributed by atoms with van der Waals surface area (Å²) in [4.78, 5) is 30.2. The molecule has 4 aromatic rings. The number of hydrogen-bond acceptors (Lipinski definition) is 6. The van der Waals surface area contributed by atoms with Crippen molar-refractivity contribution < 1.29 is 4.79 Å². The molecule has 1 N–H and O–H groups in total. The number of imidazole rings is 1. The fourth-order valence-electron chi connectivity index (χ4n) is 4.62. The van der Waals surface area contributed by atoms with E-state index in [1.807, 2.05) is 42.6 Å². The molecule has 0 spiro atoms. The molecule has 0 radical (unpaired) electrons. The third-order valence-corrected chi connectivity index (χ3v) is 6.42. The zero-order valence-corrected chi connectivity index (χ0v) is 19.1. The van der Waals surface area contributed by atoms with Gasteiger partial charge in [-0.05, 0) is 60.2 Å². The SMILES string of the molecule is CCCCc1cn(C2CCCC2=O)c(=O)n1Cc1cc(-c2cccc(-c3nn[nH]n3)c2)ccn1. The van der Waals surface area contributed by atoms with Gasteiger partial charge in [0.25, 0.3) is 0 Å². The minimum atomic E-state index is -0.332. The summed E-state index contributed by atoms with van der Waals surface area (Å²) in [5, 5.41) is 14.2. The number of pyridine rings is 1. The van der Waals surface area contributed by atoms with Gasteiger partial charge in [-0.15, -0.1) is 10.2 Å². The Hall–Kier alpha value is -3.88. The smallest absolute Gasteiger partial charge is 0.297 e. The summed E-state index contributed by atoms with van der Waals surface area (Å²) < 4.78 is 3.43. The van der Waals surface area contributed by atoms with Gasteiger partial charge in [0.2, 0.25) is 5.82 Å². The van der Waals surface area contributed by atoms with E-state index in [0.717, 1.165) is 60.2 Å². The van der Waals surface area contributed by atoms with Gasteiger partial charge in [0.15, 0.2) is 5.78 Å². The van der Waals surface area contributed by atoms with Crippen molar-refractivity contribution in [1.82, 2.24) is 34.7 Å². The molecule has 9 heteroatoms. The summed E-state index contributed by atoms with van der Waals surface area (Å²) in [6, 6.07) is 11.5. The molecule has 1 saturated carbocycles. The van der Waals surface area contributed by atoms with Gasteiger partial charge in [0.1, 0.15) is 0 Å². The number of nitrogens with one attached hydrogen (secondary N) is 1. The van der Waals surface area contributed by atoms with Gasteiger partial charge in [0.05, 0.1) is 18.3 Å². The van der Waals surface area contributed by atoms with Crippen molar-refractivity contribution in [3.63, 3.8) is 0 Å². The van der Waals surface area contributed by atoms with Crippen LogP contribution < -0.4 is 5.69 Å². The lowest BCUT2D eigenvalue weighted by atomic mass is 10.0. The maximum absolute atomic E-state index is 13.3. The van der Waals surface area contributed by atoms with Crippen LogP contribution in [0, 0.1) is 0 Å². The van der Waals surface area contributed by atoms with Gasteiger partial charge in [-0.2, -0.15) is 5.21 Å². The monoisotopic (exact) mass is 457 g/mol. The molecule has 0 amide bonds. The van der Waals surface area contributed by atoms with E-state index in [1.165, 1.54) is 0 Å². The first-order chi connectivity index (χ1) is 16.6. The lowest BCUT2D eigenvalue weighted by Crippen LogP contribution is -2.30. The molecule has 0 saturated heterocycles. The molecule has 1 aliphatic rings. The van der Waals surface area contributed by atoms with Crippen LogP contribution in [0.3, 0.4) is 0 Å². The van der Waals surface area contributed by atoms with Crippen LogP contribution in [0.2, 0.25) is 0 Å². The zero-order valence-electron chi connectivity index (χ0n) is 19.1. The number of carbonyl (C=O) groups excluding carboxylic acids is 1. The van der Waals surface area contributed by atoms with Crippen molar-refractivity contribution in [2.24, 2.45) is 0 Å². The molecule has 34 heavy (non-hydrogen) atoms. The highest BCUT2D eigenvalue weighted by molar-refractivity contribution is 5.84. The molecule has 3 heterocycles. The maximum Gasteiger partial charge on any atom is 0.329 e. The van der Waals surface area contributed by atoms with E-state index in [9.17, 15) is 9.59 Å². The molecule has 0 aliphatic heterocycles. The van der Waals surface area contributed by atoms with Crippen LogP contribution in [0.4, 0.5) is 0 Å². The van der Waals surface area contributed by atoms with E-state index in [1.54, 1.807) is 15.3 Å². The average molecular weight is 458 g/mol. The number of aryl methyl sites for hydroxylation is 1. The van der Waals surface area contributed by atoms with Crippen molar-refractivity contribution in [3.05, 3.63) is 70.7 Å². The fourth-order valence-corrected chi connectivity index (χ4v) is 4.62. The van der Waals surface area contributed by atoms with Crippen LogP contribution in [-0.2, 0) is 17.8 Å². The summed E-state index contributed by atoms with van der Waals surface area (Å²) in [5.74, 6) is 0.689. The Morgan fingerprint density at radius 3 is 2.74 bits per heavy atom. The molecule has 5 rings (SSSR count). The minimum Gasteiger partial charge on any atom is -0.297 e. The predicted octanol–water partition coefficient (Wildman–Crippen LogP) is 3.58. The van der Waals surface area contributed by atoms with Crippen molar-refractivity contribution in [1.29, 1.82) is 0 Å².